The van der Waals surface area contributed by atoms with Gasteiger partial charge in [0.05, 0.1) is 5.69 Å². The second kappa shape index (κ2) is 8.38. The topological polar surface area (TPSA) is 48.5 Å². The van der Waals surface area contributed by atoms with Gasteiger partial charge in [-0.25, -0.2) is 4.98 Å². The van der Waals surface area contributed by atoms with Gasteiger partial charge in [-0.05, 0) is 69.7 Å². The van der Waals surface area contributed by atoms with Crippen LogP contribution in [-0.2, 0) is 4.79 Å². The molecule has 0 bridgehead atoms. The number of hydrogen-bond donors (Lipinski definition) is 1. The van der Waals surface area contributed by atoms with Crippen LogP contribution in [0.15, 0.2) is 18.3 Å². The maximum absolute atomic E-state index is 12.5. The third-order valence-electron chi connectivity index (χ3n) is 6.40. The number of likely N-dealkylation sites (tertiary alicyclic amines) is 1. The molecule has 142 valence electrons. The monoisotopic (exact) mass is 356 g/mol. The van der Waals surface area contributed by atoms with E-state index in [1.165, 1.54) is 58.2 Å². The largest absolute Gasteiger partial charge is 0.355 e. The zero-order valence-corrected chi connectivity index (χ0v) is 15.8. The molecule has 3 fully saturated rings. The molecule has 1 aliphatic carbocycles. The Hall–Kier alpha value is -1.62. The molecular formula is C21H32N4O. The number of pyridine rings is 1. The number of carbonyl (C=O) groups is 1. The van der Waals surface area contributed by atoms with Crippen molar-refractivity contribution in [1.29, 1.82) is 0 Å². The van der Waals surface area contributed by atoms with Gasteiger partial charge in [0.1, 0.15) is 0 Å². The molecule has 0 unspecified atom stereocenters. The first kappa shape index (κ1) is 17.8. The minimum atomic E-state index is 0.181. The molecular weight excluding hydrogens is 324 g/mol. The molecule has 3 aliphatic rings. The van der Waals surface area contributed by atoms with Gasteiger partial charge in [0, 0.05) is 31.7 Å². The van der Waals surface area contributed by atoms with Crippen molar-refractivity contribution < 1.29 is 4.79 Å². The highest BCUT2D eigenvalue weighted by Gasteiger charge is 2.27. The Bertz CT molecular complexity index is 600. The summed E-state index contributed by atoms with van der Waals surface area (Å²) >= 11 is 0. The summed E-state index contributed by atoms with van der Waals surface area (Å²) in [4.78, 5) is 22.1. The predicted octanol–water partition coefficient (Wildman–Crippen LogP) is 3.52. The van der Waals surface area contributed by atoms with E-state index >= 15 is 0 Å². The van der Waals surface area contributed by atoms with Gasteiger partial charge in [0.2, 0.25) is 5.91 Å². The molecule has 4 rings (SSSR count). The van der Waals surface area contributed by atoms with Crippen molar-refractivity contribution in [1.82, 2.24) is 9.88 Å². The van der Waals surface area contributed by atoms with Crippen molar-refractivity contribution in [3.05, 3.63) is 18.3 Å². The number of rotatable bonds is 5. The number of nitrogens with one attached hydrogen (secondary N) is 1. The molecule has 1 amide bonds. The number of anilines is 2. The number of nitrogens with zero attached hydrogens (tertiary/aromatic N) is 3. The van der Waals surface area contributed by atoms with Gasteiger partial charge < -0.3 is 15.1 Å². The summed E-state index contributed by atoms with van der Waals surface area (Å²) in [6.45, 7) is 5.93. The molecule has 2 aliphatic heterocycles. The van der Waals surface area contributed by atoms with Crippen LogP contribution in [0.2, 0.25) is 0 Å². The zero-order chi connectivity index (χ0) is 17.8. The second-order valence-electron chi connectivity index (χ2n) is 8.28. The van der Waals surface area contributed by atoms with Crippen molar-refractivity contribution in [2.24, 2.45) is 11.8 Å². The Morgan fingerprint density at radius 3 is 2.50 bits per heavy atom. The number of hydrogen-bond acceptors (Lipinski definition) is 4. The summed E-state index contributed by atoms with van der Waals surface area (Å²) in [5, 5.41) is 3.17. The lowest BCUT2D eigenvalue weighted by Gasteiger charge is -2.35. The molecule has 2 saturated heterocycles. The first-order chi connectivity index (χ1) is 12.8. The van der Waals surface area contributed by atoms with Gasteiger partial charge in [-0.15, -0.1) is 0 Å². The van der Waals surface area contributed by atoms with Gasteiger partial charge in [-0.2, -0.15) is 0 Å². The fraction of sp³-hybridized carbons (Fsp3) is 0.714. The molecule has 5 nitrogen and oxygen atoms in total. The van der Waals surface area contributed by atoms with Crippen molar-refractivity contribution in [3.8, 4) is 0 Å². The molecule has 0 aromatic carbocycles. The predicted molar refractivity (Wildman–Crippen MR) is 105 cm³/mol. The smallest absolute Gasteiger partial charge is 0.227 e. The highest BCUT2D eigenvalue weighted by atomic mass is 16.1. The molecule has 0 radical (unpaired) electrons. The van der Waals surface area contributed by atoms with E-state index in [9.17, 15) is 4.79 Å². The maximum atomic E-state index is 12.5. The van der Waals surface area contributed by atoms with Crippen LogP contribution in [0.4, 0.5) is 11.5 Å². The Kier molecular flexibility index (Phi) is 5.73. The van der Waals surface area contributed by atoms with Crippen molar-refractivity contribution in [2.45, 2.75) is 51.4 Å². The van der Waals surface area contributed by atoms with Gasteiger partial charge in [0.15, 0.2) is 5.82 Å². The maximum Gasteiger partial charge on any atom is 0.227 e. The first-order valence-corrected chi connectivity index (χ1v) is 10.5. The van der Waals surface area contributed by atoms with Crippen molar-refractivity contribution in [2.75, 3.05) is 42.9 Å². The van der Waals surface area contributed by atoms with Crippen LogP contribution < -0.4 is 10.2 Å². The van der Waals surface area contributed by atoms with Crippen LogP contribution in [0.25, 0.3) is 0 Å². The van der Waals surface area contributed by atoms with Crippen LogP contribution in [0.1, 0.15) is 51.4 Å². The third kappa shape index (κ3) is 4.20. The number of aromatic nitrogens is 1. The molecule has 1 aromatic heterocycles. The molecule has 1 N–H and O–H groups in total. The van der Waals surface area contributed by atoms with Crippen LogP contribution in [0.3, 0.4) is 0 Å². The van der Waals surface area contributed by atoms with E-state index in [4.69, 9.17) is 0 Å². The third-order valence-corrected chi connectivity index (χ3v) is 6.40. The summed E-state index contributed by atoms with van der Waals surface area (Å²) in [6, 6.07) is 3.93. The van der Waals surface area contributed by atoms with Gasteiger partial charge in [0.25, 0.3) is 0 Å². The van der Waals surface area contributed by atoms with Gasteiger partial charge in [-0.3, -0.25) is 4.79 Å². The molecule has 26 heavy (non-hydrogen) atoms. The minimum Gasteiger partial charge on any atom is -0.355 e. The van der Waals surface area contributed by atoms with E-state index < -0.39 is 0 Å². The Labute approximate surface area is 157 Å². The van der Waals surface area contributed by atoms with E-state index in [0.717, 1.165) is 43.4 Å². The summed E-state index contributed by atoms with van der Waals surface area (Å²) in [7, 11) is 0. The molecule has 3 heterocycles. The SMILES string of the molecule is O=C(Nc1cccnc1N1CCC(CN2CCCC2)CC1)C1CCCC1. The molecule has 0 spiro atoms. The lowest BCUT2D eigenvalue weighted by atomic mass is 9.96. The van der Waals surface area contributed by atoms with E-state index in [0.29, 0.717) is 0 Å². The standard InChI is InChI=1S/C21H32N4O/c26-21(18-6-1-2-7-18)23-19-8-5-11-22-20(19)25-14-9-17(10-15-25)16-24-12-3-4-13-24/h5,8,11,17-18H,1-4,6-7,9-10,12-16H2,(H,23,26). The first-order valence-electron chi connectivity index (χ1n) is 10.5. The Balaban J connectivity index is 1.35. The molecule has 1 saturated carbocycles. The number of piperidine rings is 1. The quantitative estimate of drug-likeness (QED) is 0.877. The van der Waals surface area contributed by atoms with Crippen LogP contribution in [0.5, 0.6) is 0 Å². The molecule has 0 atom stereocenters. The normalized spacial score (nSPS) is 22.8. The van der Waals surface area contributed by atoms with E-state index in [-0.39, 0.29) is 11.8 Å². The average Bonchev–Trinajstić information content (AvgIpc) is 3.37. The Morgan fingerprint density at radius 2 is 1.77 bits per heavy atom. The summed E-state index contributed by atoms with van der Waals surface area (Å²) in [5.74, 6) is 2.14. The average molecular weight is 357 g/mol. The van der Waals surface area contributed by atoms with Crippen LogP contribution in [-0.4, -0.2) is 48.5 Å². The summed E-state index contributed by atoms with van der Waals surface area (Å²) < 4.78 is 0. The van der Waals surface area contributed by atoms with E-state index in [2.05, 4.69) is 20.1 Å². The fourth-order valence-corrected chi connectivity index (χ4v) is 4.83. The van der Waals surface area contributed by atoms with E-state index in [1.807, 2.05) is 18.3 Å². The summed E-state index contributed by atoms with van der Waals surface area (Å²) in [6.07, 6.45) is 11.5. The van der Waals surface area contributed by atoms with Crippen molar-refractivity contribution in [3.63, 3.8) is 0 Å². The molecule has 5 heteroatoms. The zero-order valence-electron chi connectivity index (χ0n) is 15.8. The van der Waals surface area contributed by atoms with Crippen LogP contribution in [0, 0.1) is 11.8 Å². The summed E-state index contributed by atoms with van der Waals surface area (Å²) in [5.41, 5.74) is 0.891. The van der Waals surface area contributed by atoms with E-state index in [1.54, 1.807) is 0 Å². The highest BCUT2D eigenvalue weighted by molar-refractivity contribution is 5.95. The van der Waals surface area contributed by atoms with Crippen LogP contribution >= 0.6 is 0 Å². The second-order valence-corrected chi connectivity index (χ2v) is 8.28. The van der Waals surface area contributed by atoms with Crippen molar-refractivity contribution >= 4 is 17.4 Å². The number of amides is 1. The molecule has 1 aromatic rings. The lowest BCUT2D eigenvalue weighted by Crippen LogP contribution is -2.39. The lowest BCUT2D eigenvalue weighted by molar-refractivity contribution is -0.119. The van der Waals surface area contributed by atoms with Gasteiger partial charge >= 0.3 is 0 Å². The fourth-order valence-electron chi connectivity index (χ4n) is 4.83. The minimum absolute atomic E-state index is 0.181. The van der Waals surface area contributed by atoms with Gasteiger partial charge in [-0.1, -0.05) is 12.8 Å². The number of carbonyl (C=O) groups excluding carboxylic acids is 1. The Morgan fingerprint density at radius 1 is 1.04 bits per heavy atom. The highest BCUT2D eigenvalue weighted by Crippen LogP contribution is 2.31.